The predicted molar refractivity (Wildman–Crippen MR) is 306 cm³/mol. The quantitative estimate of drug-likeness (QED) is 0.154. The summed E-state index contributed by atoms with van der Waals surface area (Å²) in [6.45, 7) is 26.0. The van der Waals surface area contributed by atoms with Gasteiger partial charge in [-0.3, -0.25) is 0 Å². The highest BCUT2D eigenvalue weighted by Gasteiger charge is 2.53. The summed E-state index contributed by atoms with van der Waals surface area (Å²) in [7, 11) is 0. The largest absolute Gasteiger partial charge is 0.379 e. The molecule has 3 aliphatic rings. The van der Waals surface area contributed by atoms with Crippen molar-refractivity contribution in [3.05, 3.63) is 227 Å². The number of rotatable bonds is 6. The van der Waals surface area contributed by atoms with Crippen LogP contribution in [0.5, 0.6) is 0 Å². The summed E-state index contributed by atoms with van der Waals surface area (Å²) in [4.78, 5) is 5.26. The van der Waals surface area contributed by atoms with Crippen molar-refractivity contribution in [2.24, 2.45) is 5.41 Å². The lowest BCUT2D eigenvalue weighted by Gasteiger charge is -2.46. The normalized spacial score (nSPS) is 15.2. The summed E-state index contributed by atoms with van der Waals surface area (Å²) < 4.78 is 2.67. The molecule has 0 fully saturated rings. The van der Waals surface area contributed by atoms with E-state index in [0.29, 0.717) is 0 Å². The Morgan fingerprint density at radius 2 is 1.03 bits per heavy atom. The monoisotopic (exact) mass is 922 g/mol. The molecular formula is C67H64BN3. The fourth-order valence-electron chi connectivity index (χ4n) is 12.2. The molecule has 12 rings (SSSR count). The highest BCUT2D eigenvalue weighted by Crippen LogP contribution is 2.61. The first-order valence-corrected chi connectivity index (χ1v) is 25.6. The average molecular weight is 922 g/mol. The molecule has 0 saturated carbocycles. The number of nitrogens with zero attached hydrogens (tertiary/aromatic N) is 3. The van der Waals surface area contributed by atoms with E-state index < -0.39 is 5.41 Å². The topological polar surface area (TPSA) is 11.4 Å². The maximum Gasteiger partial charge on any atom is 0.332 e. The van der Waals surface area contributed by atoms with Gasteiger partial charge in [0.05, 0.1) is 16.7 Å². The third kappa shape index (κ3) is 6.92. The van der Waals surface area contributed by atoms with Crippen molar-refractivity contribution in [1.82, 2.24) is 4.57 Å². The Morgan fingerprint density at radius 3 is 1.59 bits per heavy atom. The van der Waals surface area contributed by atoms with E-state index in [9.17, 15) is 0 Å². The number of allylic oxidation sites excluding steroid dienone is 3. The summed E-state index contributed by atoms with van der Waals surface area (Å²) in [5.74, 6) is 0. The van der Waals surface area contributed by atoms with Crippen LogP contribution in [0.3, 0.4) is 0 Å². The van der Waals surface area contributed by atoms with Gasteiger partial charge in [0.15, 0.2) is 0 Å². The molecule has 1 aliphatic carbocycles. The van der Waals surface area contributed by atoms with Crippen molar-refractivity contribution in [3.63, 3.8) is 0 Å². The van der Waals surface area contributed by atoms with Crippen molar-refractivity contribution >= 4 is 79.0 Å². The van der Waals surface area contributed by atoms with E-state index in [1.165, 1.54) is 106 Å². The molecule has 1 aromatic heterocycles. The van der Waals surface area contributed by atoms with E-state index in [-0.39, 0.29) is 23.1 Å². The standard InChI is InChI=1S/C67H64BN3/c1-64(2,3)45-32-35-50(36-33-45)71-63-59(57(43-24-16-12-17-25-43)60(67(63,10)11)44-26-18-13-19-27-44)52-41-47(66(7,8)9)42-56-61(52)68(71)53-37-39-55(69(48-28-20-14-21-29-48)49-30-22-15-23-31-49)58-51-40-46(65(4,5)6)34-38-54(51)70(56)62(53)58/h12-42H,1-11H3. The van der Waals surface area contributed by atoms with E-state index in [1.807, 2.05) is 0 Å². The summed E-state index contributed by atoms with van der Waals surface area (Å²) in [5, 5.41) is 2.54. The Morgan fingerprint density at radius 1 is 0.493 bits per heavy atom. The minimum absolute atomic E-state index is 0.00614. The molecule has 3 nitrogen and oxygen atoms in total. The predicted octanol–water partition coefficient (Wildman–Crippen LogP) is 16.4. The molecule has 0 N–H and O–H groups in total. The molecule has 3 heterocycles. The van der Waals surface area contributed by atoms with Crippen LogP contribution in [-0.2, 0) is 16.2 Å². The Hall–Kier alpha value is -7.30. The molecule has 9 aromatic rings. The van der Waals surface area contributed by atoms with Crippen LogP contribution in [0.2, 0.25) is 0 Å². The fraction of sp³-hybridized carbons (Fsp3) is 0.224. The molecule has 4 heteroatoms. The van der Waals surface area contributed by atoms with Crippen molar-refractivity contribution in [1.29, 1.82) is 0 Å². The molecule has 0 unspecified atom stereocenters. The summed E-state index contributed by atoms with van der Waals surface area (Å²) in [6, 6.07) is 71.3. The summed E-state index contributed by atoms with van der Waals surface area (Å²) in [5.41, 5.74) is 23.6. The third-order valence-electron chi connectivity index (χ3n) is 15.7. The molecule has 8 aromatic carbocycles. The van der Waals surface area contributed by atoms with Gasteiger partial charge in [0, 0.05) is 50.2 Å². The van der Waals surface area contributed by atoms with E-state index >= 15 is 0 Å². The zero-order valence-electron chi connectivity index (χ0n) is 43.3. The first-order valence-electron chi connectivity index (χ1n) is 25.6. The smallest absolute Gasteiger partial charge is 0.332 e. The first-order chi connectivity index (χ1) is 33.9. The Labute approximate surface area is 421 Å². The Bertz CT molecular complexity index is 3590. The van der Waals surface area contributed by atoms with Crippen molar-refractivity contribution in [2.45, 2.75) is 92.4 Å². The maximum atomic E-state index is 2.78. The molecule has 71 heavy (non-hydrogen) atoms. The third-order valence-corrected chi connectivity index (χ3v) is 15.7. The Kier molecular flexibility index (Phi) is 10.0. The second kappa shape index (κ2) is 15.9. The van der Waals surface area contributed by atoms with Crippen LogP contribution in [0.15, 0.2) is 194 Å². The van der Waals surface area contributed by atoms with Crippen molar-refractivity contribution in [3.8, 4) is 5.69 Å². The zero-order chi connectivity index (χ0) is 49.4. The number of hydrogen-bond acceptors (Lipinski definition) is 2. The minimum Gasteiger partial charge on any atom is -0.379 e. The molecule has 0 saturated heterocycles. The number of para-hydroxylation sites is 2. The minimum atomic E-state index is -0.414. The Balaban J connectivity index is 1.28. The van der Waals surface area contributed by atoms with E-state index in [1.54, 1.807) is 0 Å². The van der Waals surface area contributed by atoms with Crippen LogP contribution in [0, 0.1) is 5.41 Å². The van der Waals surface area contributed by atoms with Crippen LogP contribution >= 0.6 is 0 Å². The van der Waals surface area contributed by atoms with Crippen molar-refractivity contribution < 1.29 is 0 Å². The maximum absolute atomic E-state index is 2.78. The fourth-order valence-corrected chi connectivity index (χ4v) is 12.2. The van der Waals surface area contributed by atoms with E-state index in [4.69, 9.17) is 0 Å². The van der Waals surface area contributed by atoms with Crippen molar-refractivity contribution in [2.75, 3.05) is 9.71 Å². The molecule has 350 valence electrons. The number of hydrogen-bond donors (Lipinski definition) is 0. The van der Waals surface area contributed by atoms with Gasteiger partial charge in [-0.1, -0.05) is 204 Å². The molecule has 0 atom stereocenters. The van der Waals surface area contributed by atoms with Crippen LogP contribution in [-0.4, -0.2) is 11.4 Å². The first kappa shape index (κ1) is 44.9. The lowest BCUT2D eigenvalue weighted by molar-refractivity contribution is 0.588. The highest BCUT2D eigenvalue weighted by atomic mass is 15.2. The van der Waals surface area contributed by atoms with Crippen LogP contribution in [0.25, 0.3) is 44.2 Å². The average Bonchev–Trinajstić information content (AvgIpc) is 3.83. The van der Waals surface area contributed by atoms with Gasteiger partial charge in [0.25, 0.3) is 0 Å². The van der Waals surface area contributed by atoms with E-state index in [2.05, 4.69) is 278 Å². The van der Waals surface area contributed by atoms with Gasteiger partial charge in [0.2, 0.25) is 0 Å². The number of anilines is 4. The highest BCUT2D eigenvalue weighted by molar-refractivity contribution is 6.93. The van der Waals surface area contributed by atoms with Gasteiger partial charge in [-0.2, -0.15) is 0 Å². The van der Waals surface area contributed by atoms with Gasteiger partial charge in [0.1, 0.15) is 0 Å². The number of benzene rings is 8. The van der Waals surface area contributed by atoms with Gasteiger partial charge < -0.3 is 14.3 Å². The van der Waals surface area contributed by atoms with Gasteiger partial charge in [-0.15, -0.1) is 0 Å². The van der Waals surface area contributed by atoms with Gasteiger partial charge >= 0.3 is 6.85 Å². The van der Waals surface area contributed by atoms with E-state index in [0.717, 1.165) is 11.4 Å². The molecular weight excluding hydrogens is 858 g/mol. The molecule has 0 spiro atoms. The van der Waals surface area contributed by atoms with Gasteiger partial charge in [-0.05, 0) is 132 Å². The van der Waals surface area contributed by atoms with Crippen LogP contribution in [0.4, 0.5) is 22.7 Å². The molecule has 0 radical (unpaired) electrons. The SMILES string of the molecule is CC1(C)C(c2ccccc2)=C(c2ccccc2)C2=C1N(c1ccc(C(C)(C)C)cc1)B1c3c2cc(C(C)(C)C)cc3-n2c3ccc(C(C)(C)C)cc3c3c(N(c4ccccc4)c4ccccc4)ccc1c32. The summed E-state index contributed by atoms with van der Waals surface area (Å²) in [6.07, 6.45) is 0. The number of fused-ring (bicyclic) bond motifs is 6. The molecule has 2 aliphatic heterocycles. The second-order valence-corrected chi connectivity index (χ2v) is 23.8. The van der Waals surface area contributed by atoms with Crippen LogP contribution < -0.4 is 20.6 Å². The second-order valence-electron chi connectivity index (χ2n) is 23.8. The van der Waals surface area contributed by atoms with Gasteiger partial charge in [-0.25, -0.2) is 0 Å². The lowest BCUT2D eigenvalue weighted by atomic mass is 9.43. The molecule has 0 amide bonds. The zero-order valence-corrected chi connectivity index (χ0v) is 43.3. The van der Waals surface area contributed by atoms with Crippen LogP contribution in [0.1, 0.15) is 110 Å². The lowest BCUT2D eigenvalue weighted by Crippen LogP contribution is -2.63. The number of aromatic nitrogens is 1. The molecule has 0 bridgehead atoms. The summed E-state index contributed by atoms with van der Waals surface area (Å²) >= 11 is 0.